The summed E-state index contributed by atoms with van der Waals surface area (Å²) in [4.78, 5) is 11.4. The summed E-state index contributed by atoms with van der Waals surface area (Å²) >= 11 is 1.49. The third-order valence-corrected chi connectivity index (χ3v) is 2.77. The molecule has 0 aliphatic rings. The van der Waals surface area contributed by atoms with Crippen LogP contribution in [-0.2, 0) is 0 Å². The van der Waals surface area contributed by atoms with Crippen LogP contribution in [0.3, 0.4) is 0 Å². The first kappa shape index (κ1) is 12.3. The summed E-state index contributed by atoms with van der Waals surface area (Å²) in [6, 6.07) is -0.561. The molecule has 0 aromatic rings. The van der Waals surface area contributed by atoms with Crippen molar-refractivity contribution in [3.8, 4) is 0 Å². The van der Waals surface area contributed by atoms with Gasteiger partial charge in [0.2, 0.25) is 0 Å². The van der Waals surface area contributed by atoms with Crippen molar-refractivity contribution < 1.29 is 9.90 Å². The minimum absolute atomic E-state index is 0.346. The number of thioether (sulfide) groups is 1. The molecular formula is C8H16N2O2S. The van der Waals surface area contributed by atoms with E-state index in [1.165, 1.54) is 11.8 Å². The van der Waals surface area contributed by atoms with E-state index in [9.17, 15) is 4.79 Å². The second-order valence-corrected chi connectivity index (χ2v) is 4.06. The number of primary amides is 1. The zero-order chi connectivity index (χ0) is 10.4. The topological polar surface area (TPSA) is 75.3 Å². The van der Waals surface area contributed by atoms with Gasteiger partial charge in [-0.25, -0.2) is 4.79 Å². The van der Waals surface area contributed by atoms with Crippen molar-refractivity contribution >= 4 is 17.8 Å². The third kappa shape index (κ3) is 6.48. The molecule has 2 amide bonds. The van der Waals surface area contributed by atoms with Crippen LogP contribution in [0.15, 0.2) is 10.6 Å². The molecule has 1 atom stereocenters. The van der Waals surface area contributed by atoms with Gasteiger partial charge in [0, 0.05) is 16.4 Å². The van der Waals surface area contributed by atoms with E-state index in [-0.39, 0.29) is 6.10 Å². The molecule has 0 heterocycles. The van der Waals surface area contributed by atoms with E-state index >= 15 is 0 Å². The van der Waals surface area contributed by atoms with Gasteiger partial charge in [-0.15, -0.1) is 11.8 Å². The molecule has 76 valence electrons. The largest absolute Gasteiger partial charge is 0.393 e. The summed E-state index contributed by atoms with van der Waals surface area (Å²) in [6.07, 6.45) is -0.346. The number of hydrogen-bond donors (Lipinski definition) is 3. The van der Waals surface area contributed by atoms with E-state index in [1.807, 2.05) is 6.92 Å². The lowest BCUT2D eigenvalue weighted by atomic mass is 10.4. The predicted octanol–water partition coefficient (Wildman–Crippen LogP) is 1.02. The molecule has 0 rings (SSSR count). The lowest BCUT2D eigenvalue weighted by molar-refractivity contribution is 0.220. The van der Waals surface area contributed by atoms with Crippen LogP contribution in [0, 0.1) is 0 Å². The highest BCUT2D eigenvalue weighted by Crippen LogP contribution is 2.18. The summed E-state index contributed by atoms with van der Waals surface area (Å²) in [5.74, 6) is 0.615. The Morgan fingerprint density at radius 1 is 1.62 bits per heavy atom. The van der Waals surface area contributed by atoms with Crippen LogP contribution < -0.4 is 11.1 Å². The summed E-state index contributed by atoms with van der Waals surface area (Å²) in [6.45, 7) is 5.37. The van der Waals surface area contributed by atoms with Gasteiger partial charge >= 0.3 is 6.03 Å². The van der Waals surface area contributed by atoms with E-state index in [1.54, 1.807) is 13.8 Å². The van der Waals surface area contributed by atoms with Crippen LogP contribution in [0.2, 0.25) is 0 Å². The third-order valence-electron chi connectivity index (χ3n) is 1.38. The highest BCUT2D eigenvalue weighted by atomic mass is 32.2. The Hall–Kier alpha value is -0.680. The number of nitrogens with one attached hydrogen (secondary N) is 1. The lowest BCUT2D eigenvalue weighted by Gasteiger charge is -2.08. The monoisotopic (exact) mass is 204 g/mol. The number of rotatable bonds is 4. The fourth-order valence-corrected chi connectivity index (χ4v) is 1.39. The first-order chi connectivity index (χ1) is 5.93. The van der Waals surface area contributed by atoms with Gasteiger partial charge in [-0.1, -0.05) is 0 Å². The summed E-state index contributed by atoms with van der Waals surface area (Å²) in [7, 11) is 0. The zero-order valence-corrected chi connectivity index (χ0v) is 8.94. The first-order valence-corrected chi connectivity index (χ1v) is 4.96. The number of allylic oxidation sites excluding steroid dienone is 2. The Labute approximate surface area is 82.6 Å². The van der Waals surface area contributed by atoms with Gasteiger partial charge in [-0.2, -0.15) is 0 Å². The first-order valence-electron chi connectivity index (χ1n) is 3.98. The number of carbonyl (C=O) groups is 1. The highest BCUT2D eigenvalue weighted by molar-refractivity contribution is 8.03. The van der Waals surface area contributed by atoms with Gasteiger partial charge in [-0.3, -0.25) is 0 Å². The number of urea groups is 1. The Morgan fingerprint density at radius 2 is 2.15 bits per heavy atom. The Morgan fingerprint density at radius 3 is 2.54 bits per heavy atom. The Balaban J connectivity index is 4.03. The number of amides is 2. The molecule has 5 heteroatoms. The van der Waals surface area contributed by atoms with Crippen molar-refractivity contribution in [2.24, 2.45) is 5.73 Å². The maximum atomic E-state index is 10.5. The molecule has 4 N–H and O–H groups in total. The molecule has 0 unspecified atom stereocenters. The maximum Gasteiger partial charge on any atom is 0.316 e. The normalized spacial score (nSPS) is 14.8. The van der Waals surface area contributed by atoms with Crippen molar-refractivity contribution in [2.45, 2.75) is 26.9 Å². The Bertz CT molecular complexity index is 214. The summed E-state index contributed by atoms with van der Waals surface area (Å²) in [5, 5.41) is 11.5. The van der Waals surface area contributed by atoms with E-state index in [4.69, 9.17) is 10.8 Å². The summed E-state index contributed by atoms with van der Waals surface area (Å²) in [5.41, 5.74) is 5.68. The molecule has 0 bridgehead atoms. The zero-order valence-electron chi connectivity index (χ0n) is 8.13. The number of aliphatic hydroxyl groups excluding tert-OH is 1. The quantitative estimate of drug-likeness (QED) is 0.640. The van der Waals surface area contributed by atoms with E-state index in [0.29, 0.717) is 5.75 Å². The van der Waals surface area contributed by atoms with Crippen LogP contribution in [-0.4, -0.2) is 23.0 Å². The van der Waals surface area contributed by atoms with Crippen molar-refractivity contribution in [3.05, 3.63) is 10.6 Å². The van der Waals surface area contributed by atoms with Gasteiger partial charge < -0.3 is 16.2 Å². The lowest BCUT2D eigenvalue weighted by Crippen LogP contribution is -2.28. The summed E-state index contributed by atoms with van der Waals surface area (Å²) < 4.78 is 0. The second kappa shape index (κ2) is 5.88. The van der Waals surface area contributed by atoms with Crippen molar-refractivity contribution in [1.29, 1.82) is 0 Å². The second-order valence-electron chi connectivity index (χ2n) is 2.83. The van der Waals surface area contributed by atoms with Gasteiger partial charge in [0.1, 0.15) is 0 Å². The highest BCUT2D eigenvalue weighted by Gasteiger charge is 2.02. The minimum Gasteiger partial charge on any atom is -0.393 e. The molecule has 13 heavy (non-hydrogen) atoms. The number of hydrogen-bond acceptors (Lipinski definition) is 3. The molecule has 0 spiro atoms. The molecule has 0 aromatic carbocycles. The van der Waals surface area contributed by atoms with Crippen LogP contribution in [0.5, 0.6) is 0 Å². The molecule has 0 aromatic heterocycles. The van der Waals surface area contributed by atoms with E-state index < -0.39 is 6.03 Å². The molecule has 0 aliphatic heterocycles. The molecular weight excluding hydrogens is 188 g/mol. The van der Waals surface area contributed by atoms with Gasteiger partial charge in [0.05, 0.1) is 6.10 Å². The van der Waals surface area contributed by atoms with Gasteiger partial charge in [0.25, 0.3) is 0 Å². The van der Waals surface area contributed by atoms with Gasteiger partial charge in [-0.05, 0) is 20.8 Å². The van der Waals surface area contributed by atoms with Crippen molar-refractivity contribution in [1.82, 2.24) is 5.32 Å². The average Bonchev–Trinajstić information content (AvgIpc) is 1.98. The average molecular weight is 204 g/mol. The Kier molecular flexibility index (Phi) is 5.57. The SMILES string of the molecule is C/C(NC(N)=O)=C(\C)SC[C@H](C)O. The van der Waals surface area contributed by atoms with Crippen LogP contribution in [0.4, 0.5) is 4.79 Å². The molecule has 0 fully saturated rings. The number of nitrogens with two attached hydrogens (primary N) is 1. The fourth-order valence-electron chi connectivity index (χ4n) is 0.627. The molecule has 0 radical (unpaired) electrons. The maximum absolute atomic E-state index is 10.5. The number of carbonyl (C=O) groups excluding carboxylic acids is 1. The van der Waals surface area contributed by atoms with Gasteiger partial charge in [0.15, 0.2) is 0 Å². The molecule has 0 saturated heterocycles. The van der Waals surface area contributed by atoms with Crippen LogP contribution in [0.25, 0.3) is 0 Å². The van der Waals surface area contributed by atoms with E-state index in [2.05, 4.69) is 5.32 Å². The van der Waals surface area contributed by atoms with Crippen molar-refractivity contribution in [2.75, 3.05) is 5.75 Å². The molecule has 0 saturated carbocycles. The van der Waals surface area contributed by atoms with Crippen LogP contribution >= 0.6 is 11.8 Å². The standard InChI is InChI=1S/C8H16N2O2S/c1-5(11)4-13-7(3)6(2)10-8(9)12/h5,11H,4H2,1-3H3,(H3,9,10,12)/b7-6-/t5-/m0/s1. The van der Waals surface area contributed by atoms with E-state index in [0.717, 1.165) is 10.6 Å². The number of aliphatic hydroxyl groups is 1. The smallest absolute Gasteiger partial charge is 0.316 e. The minimum atomic E-state index is -0.561. The molecule has 4 nitrogen and oxygen atoms in total. The predicted molar refractivity (Wildman–Crippen MR) is 55.2 cm³/mol. The molecule has 0 aliphatic carbocycles. The fraction of sp³-hybridized carbons (Fsp3) is 0.625. The van der Waals surface area contributed by atoms with Crippen molar-refractivity contribution in [3.63, 3.8) is 0 Å². The van der Waals surface area contributed by atoms with Crippen LogP contribution in [0.1, 0.15) is 20.8 Å².